The first-order valence-electron chi connectivity index (χ1n) is 10.4. The number of ether oxygens (including phenoxy) is 2. The van der Waals surface area contributed by atoms with E-state index in [9.17, 15) is 0 Å². The third-order valence-corrected chi connectivity index (χ3v) is 6.02. The van der Waals surface area contributed by atoms with Crippen molar-refractivity contribution < 1.29 is 9.47 Å². The molecule has 1 saturated heterocycles. The topological polar surface area (TPSA) is 21.7 Å². The molecule has 1 aliphatic rings. The third kappa shape index (κ3) is 3.40. The molecule has 150 valence electrons. The Balaban J connectivity index is 2.11. The molecule has 0 unspecified atom stereocenters. The standard InChI is InChI=1S/C26H29NO2/c1-28-24-17-9-7-15-22(24)26(21-13-5-3-6-14-21,27-19-11-4-12-20-27)23-16-8-10-18-25(23)29-2/h3,5-10,13-18H,4,11-12,19-20H2,1-2H3. The molecular formula is C26H29NO2. The second-order valence-corrected chi connectivity index (χ2v) is 7.52. The van der Waals surface area contributed by atoms with Crippen LogP contribution in [-0.4, -0.2) is 32.2 Å². The average Bonchev–Trinajstić information content (AvgIpc) is 2.82. The minimum atomic E-state index is -0.485. The molecule has 1 fully saturated rings. The highest BCUT2D eigenvalue weighted by molar-refractivity contribution is 5.58. The Kier molecular flexibility index (Phi) is 5.86. The van der Waals surface area contributed by atoms with E-state index in [1.54, 1.807) is 14.2 Å². The van der Waals surface area contributed by atoms with Crippen LogP contribution in [0.25, 0.3) is 0 Å². The van der Waals surface area contributed by atoms with Crippen LogP contribution >= 0.6 is 0 Å². The summed E-state index contributed by atoms with van der Waals surface area (Å²) >= 11 is 0. The van der Waals surface area contributed by atoms with Gasteiger partial charge in [-0.25, -0.2) is 0 Å². The molecule has 3 aromatic carbocycles. The first kappa shape index (κ1) is 19.5. The Labute approximate surface area is 173 Å². The molecule has 0 bridgehead atoms. The fourth-order valence-corrected chi connectivity index (χ4v) is 4.78. The van der Waals surface area contributed by atoms with Crippen molar-refractivity contribution >= 4 is 0 Å². The zero-order valence-electron chi connectivity index (χ0n) is 17.3. The van der Waals surface area contributed by atoms with E-state index in [-0.39, 0.29) is 0 Å². The molecule has 0 spiro atoms. The molecule has 3 aromatic rings. The molecule has 0 radical (unpaired) electrons. The number of rotatable bonds is 6. The predicted octanol–water partition coefficient (Wildman–Crippen LogP) is 5.48. The normalized spacial score (nSPS) is 15.1. The SMILES string of the molecule is COc1ccccc1C(c1ccccc1)(c1ccccc1OC)N1CCCCC1. The Morgan fingerprint density at radius 1 is 0.621 bits per heavy atom. The highest BCUT2D eigenvalue weighted by atomic mass is 16.5. The molecule has 1 aliphatic heterocycles. The quantitative estimate of drug-likeness (QED) is 0.523. The van der Waals surface area contributed by atoms with Gasteiger partial charge >= 0.3 is 0 Å². The second kappa shape index (κ2) is 8.71. The Morgan fingerprint density at radius 2 is 1.10 bits per heavy atom. The van der Waals surface area contributed by atoms with E-state index < -0.39 is 5.54 Å². The number of piperidine rings is 1. The summed E-state index contributed by atoms with van der Waals surface area (Å²) in [5.41, 5.74) is 3.05. The lowest BCUT2D eigenvalue weighted by atomic mass is 9.74. The monoisotopic (exact) mass is 387 g/mol. The second-order valence-electron chi connectivity index (χ2n) is 7.52. The summed E-state index contributed by atoms with van der Waals surface area (Å²) in [7, 11) is 3.51. The van der Waals surface area contributed by atoms with Crippen LogP contribution < -0.4 is 9.47 Å². The van der Waals surface area contributed by atoms with Gasteiger partial charge in [0.2, 0.25) is 0 Å². The zero-order valence-corrected chi connectivity index (χ0v) is 17.3. The molecular weight excluding hydrogens is 358 g/mol. The number of likely N-dealkylation sites (tertiary alicyclic amines) is 1. The van der Waals surface area contributed by atoms with Crippen molar-refractivity contribution in [1.29, 1.82) is 0 Å². The molecule has 4 rings (SSSR count). The Hall–Kier alpha value is -2.78. The molecule has 0 aliphatic carbocycles. The van der Waals surface area contributed by atoms with Crippen LogP contribution in [0.4, 0.5) is 0 Å². The smallest absolute Gasteiger partial charge is 0.124 e. The van der Waals surface area contributed by atoms with Gasteiger partial charge in [-0.3, -0.25) is 4.90 Å². The van der Waals surface area contributed by atoms with Gasteiger partial charge in [-0.2, -0.15) is 0 Å². The van der Waals surface area contributed by atoms with Crippen molar-refractivity contribution in [3.8, 4) is 11.5 Å². The summed E-state index contributed by atoms with van der Waals surface area (Å²) in [6.45, 7) is 2.07. The fraction of sp³-hybridized carbons (Fsp3) is 0.308. The molecule has 3 nitrogen and oxygen atoms in total. The maximum absolute atomic E-state index is 5.89. The van der Waals surface area contributed by atoms with Crippen molar-refractivity contribution in [2.45, 2.75) is 24.8 Å². The third-order valence-electron chi connectivity index (χ3n) is 6.02. The van der Waals surface area contributed by atoms with Gasteiger partial charge < -0.3 is 9.47 Å². The summed E-state index contributed by atoms with van der Waals surface area (Å²) in [5.74, 6) is 1.79. The van der Waals surface area contributed by atoms with Gasteiger partial charge in [0, 0.05) is 11.1 Å². The lowest BCUT2D eigenvalue weighted by Crippen LogP contribution is -2.50. The zero-order chi connectivity index (χ0) is 20.1. The number of para-hydroxylation sites is 2. The van der Waals surface area contributed by atoms with Crippen molar-refractivity contribution in [2.24, 2.45) is 0 Å². The lowest BCUT2D eigenvalue weighted by molar-refractivity contribution is 0.123. The van der Waals surface area contributed by atoms with Gasteiger partial charge in [-0.1, -0.05) is 73.2 Å². The lowest BCUT2D eigenvalue weighted by Gasteiger charge is -2.48. The maximum atomic E-state index is 5.89. The highest BCUT2D eigenvalue weighted by Crippen LogP contribution is 2.49. The van der Waals surface area contributed by atoms with Gasteiger partial charge in [0.05, 0.1) is 14.2 Å². The summed E-state index contributed by atoms with van der Waals surface area (Å²) in [6, 6.07) is 27.6. The number of hydrogen-bond acceptors (Lipinski definition) is 3. The van der Waals surface area contributed by atoms with E-state index in [4.69, 9.17) is 9.47 Å². The molecule has 0 amide bonds. The first-order valence-corrected chi connectivity index (χ1v) is 10.4. The molecule has 0 saturated carbocycles. The molecule has 29 heavy (non-hydrogen) atoms. The highest BCUT2D eigenvalue weighted by Gasteiger charge is 2.45. The number of methoxy groups -OCH3 is 2. The molecule has 0 aromatic heterocycles. The number of hydrogen-bond donors (Lipinski definition) is 0. The van der Waals surface area contributed by atoms with Crippen LogP contribution in [0.3, 0.4) is 0 Å². The van der Waals surface area contributed by atoms with E-state index in [0.717, 1.165) is 35.7 Å². The van der Waals surface area contributed by atoms with E-state index in [1.807, 2.05) is 12.1 Å². The minimum absolute atomic E-state index is 0.485. The molecule has 0 N–H and O–H groups in total. The Morgan fingerprint density at radius 3 is 1.62 bits per heavy atom. The van der Waals surface area contributed by atoms with Gasteiger partial charge in [-0.15, -0.1) is 0 Å². The van der Waals surface area contributed by atoms with Crippen LogP contribution in [0, 0.1) is 0 Å². The van der Waals surface area contributed by atoms with Gasteiger partial charge in [0.1, 0.15) is 17.0 Å². The molecule has 3 heteroatoms. The number of benzene rings is 3. The maximum Gasteiger partial charge on any atom is 0.124 e. The van der Waals surface area contributed by atoms with Crippen molar-refractivity contribution in [1.82, 2.24) is 4.90 Å². The Bertz CT molecular complexity index is 885. The average molecular weight is 388 g/mol. The predicted molar refractivity (Wildman–Crippen MR) is 118 cm³/mol. The van der Waals surface area contributed by atoms with Crippen molar-refractivity contribution in [3.05, 3.63) is 95.6 Å². The van der Waals surface area contributed by atoms with Crippen molar-refractivity contribution in [3.63, 3.8) is 0 Å². The van der Waals surface area contributed by atoms with E-state index >= 15 is 0 Å². The van der Waals surface area contributed by atoms with E-state index in [2.05, 4.69) is 71.6 Å². The van der Waals surface area contributed by atoms with E-state index in [0.29, 0.717) is 0 Å². The number of nitrogens with zero attached hydrogens (tertiary/aromatic N) is 1. The minimum Gasteiger partial charge on any atom is -0.496 e. The van der Waals surface area contributed by atoms with Crippen LogP contribution in [-0.2, 0) is 5.54 Å². The van der Waals surface area contributed by atoms with Crippen LogP contribution in [0.2, 0.25) is 0 Å². The molecule has 1 heterocycles. The van der Waals surface area contributed by atoms with Crippen molar-refractivity contribution in [2.75, 3.05) is 27.3 Å². The largest absolute Gasteiger partial charge is 0.496 e. The van der Waals surface area contributed by atoms with Gasteiger partial charge in [0.25, 0.3) is 0 Å². The summed E-state index contributed by atoms with van der Waals surface area (Å²) in [6.07, 6.45) is 3.66. The van der Waals surface area contributed by atoms with Crippen LogP contribution in [0.15, 0.2) is 78.9 Å². The fourth-order valence-electron chi connectivity index (χ4n) is 4.78. The van der Waals surface area contributed by atoms with Gasteiger partial charge in [-0.05, 0) is 43.6 Å². The van der Waals surface area contributed by atoms with Crippen LogP contribution in [0.5, 0.6) is 11.5 Å². The molecule has 0 atom stereocenters. The van der Waals surface area contributed by atoms with Crippen LogP contribution in [0.1, 0.15) is 36.0 Å². The van der Waals surface area contributed by atoms with Gasteiger partial charge in [0.15, 0.2) is 0 Å². The first-order chi connectivity index (χ1) is 14.3. The summed E-state index contributed by atoms with van der Waals surface area (Å²) in [4.78, 5) is 2.61. The summed E-state index contributed by atoms with van der Waals surface area (Å²) < 4.78 is 11.8. The van der Waals surface area contributed by atoms with E-state index in [1.165, 1.54) is 24.8 Å². The summed E-state index contributed by atoms with van der Waals surface area (Å²) in [5, 5.41) is 0.